The molecule has 3 rings (SSSR count). The number of methoxy groups -OCH3 is 1. The molecule has 0 radical (unpaired) electrons. The van der Waals surface area contributed by atoms with Crippen molar-refractivity contribution in [2.24, 2.45) is 7.05 Å². The van der Waals surface area contributed by atoms with E-state index in [1.165, 1.54) is 16.6 Å². The van der Waals surface area contributed by atoms with E-state index < -0.39 is 17.6 Å². The summed E-state index contributed by atoms with van der Waals surface area (Å²) in [5.74, 6) is -1.52. The highest BCUT2D eigenvalue weighted by atomic mass is 16.5. The number of carbonyl (C=O) groups excluding carboxylic acids is 2. The number of ether oxygens (including phenoxy) is 1. The Balaban J connectivity index is 1.98. The number of aryl methyl sites for hydroxylation is 1. The van der Waals surface area contributed by atoms with Gasteiger partial charge in [-0.15, -0.1) is 0 Å². The predicted octanol–water partition coefficient (Wildman–Crippen LogP) is -0.195. The minimum Gasteiger partial charge on any atom is -0.466 e. The number of hydrogen-bond acceptors (Lipinski definition) is 7. The van der Waals surface area contributed by atoms with Crippen molar-refractivity contribution in [1.82, 2.24) is 9.47 Å². The Kier molecular flexibility index (Phi) is 4.32. The molecule has 132 valence electrons. The lowest BCUT2D eigenvalue weighted by atomic mass is 10.2. The number of amides is 1. The topological polar surface area (TPSA) is 114 Å². The van der Waals surface area contributed by atoms with Gasteiger partial charge in [0.25, 0.3) is 5.91 Å². The van der Waals surface area contributed by atoms with E-state index in [0.29, 0.717) is 16.8 Å². The number of β-amino-alcohol motifs (C(OH)–C–C–N with tert-alkyl or cyclic N) is 1. The molecule has 0 saturated carbocycles. The van der Waals surface area contributed by atoms with Gasteiger partial charge in [0.1, 0.15) is 5.70 Å². The first-order valence-corrected chi connectivity index (χ1v) is 7.54. The summed E-state index contributed by atoms with van der Waals surface area (Å²) in [5, 5.41) is 12.0. The third kappa shape index (κ3) is 2.89. The zero-order chi connectivity index (χ0) is 18.1. The quantitative estimate of drug-likeness (QED) is 0.720. The molecule has 1 aromatic heterocycles. The Bertz CT molecular complexity index is 939. The van der Waals surface area contributed by atoms with Crippen molar-refractivity contribution in [3.63, 3.8) is 0 Å². The van der Waals surface area contributed by atoms with Crippen LogP contribution in [-0.2, 0) is 21.4 Å². The van der Waals surface area contributed by atoms with Crippen LogP contribution >= 0.6 is 0 Å². The van der Waals surface area contributed by atoms with Crippen LogP contribution in [0.25, 0.3) is 11.1 Å². The number of esters is 1. The van der Waals surface area contributed by atoms with Crippen LogP contribution in [0.15, 0.2) is 38.7 Å². The lowest BCUT2D eigenvalue weighted by Gasteiger charge is -2.15. The lowest BCUT2D eigenvalue weighted by Crippen LogP contribution is -2.31. The van der Waals surface area contributed by atoms with E-state index in [0.717, 1.165) is 0 Å². The number of anilines is 1. The number of aliphatic hydroxyl groups is 1. The van der Waals surface area contributed by atoms with Gasteiger partial charge in [-0.05, 0) is 18.2 Å². The molecular weight excluding hydrogens is 330 g/mol. The molecule has 1 amide bonds. The summed E-state index contributed by atoms with van der Waals surface area (Å²) < 4.78 is 11.1. The van der Waals surface area contributed by atoms with Crippen LogP contribution in [0.2, 0.25) is 0 Å². The summed E-state index contributed by atoms with van der Waals surface area (Å²) in [6.07, 6.45) is 0. The predicted molar refractivity (Wildman–Crippen MR) is 87.8 cm³/mol. The van der Waals surface area contributed by atoms with Crippen LogP contribution in [0.3, 0.4) is 0 Å². The van der Waals surface area contributed by atoms with E-state index in [1.54, 1.807) is 25.2 Å². The van der Waals surface area contributed by atoms with E-state index in [4.69, 9.17) is 14.3 Å². The molecule has 1 aliphatic heterocycles. The molecule has 0 saturated heterocycles. The van der Waals surface area contributed by atoms with Crippen LogP contribution in [0.1, 0.15) is 0 Å². The van der Waals surface area contributed by atoms with Gasteiger partial charge in [-0.2, -0.15) is 0 Å². The van der Waals surface area contributed by atoms with E-state index in [2.05, 4.69) is 5.32 Å². The second-order valence-electron chi connectivity index (χ2n) is 5.53. The van der Waals surface area contributed by atoms with Crippen molar-refractivity contribution >= 4 is 28.7 Å². The van der Waals surface area contributed by atoms with Crippen molar-refractivity contribution in [2.45, 2.75) is 0 Å². The van der Waals surface area contributed by atoms with E-state index in [-0.39, 0.29) is 31.0 Å². The van der Waals surface area contributed by atoms with Crippen LogP contribution in [0.4, 0.5) is 5.69 Å². The molecule has 0 fully saturated rings. The number of aliphatic hydroxyl groups excluding tert-OH is 1. The smallest absolute Gasteiger partial charge is 0.419 e. The summed E-state index contributed by atoms with van der Waals surface area (Å²) in [7, 11) is 2.81. The highest BCUT2D eigenvalue weighted by Gasteiger charge is 2.34. The van der Waals surface area contributed by atoms with Gasteiger partial charge in [0.05, 0.1) is 31.4 Å². The van der Waals surface area contributed by atoms with Crippen LogP contribution in [-0.4, -0.2) is 53.3 Å². The van der Waals surface area contributed by atoms with Crippen LogP contribution < -0.4 is 11.1 Å². The molecule has 0 bridgehead atoms. The highest BCUT2D eigenvalue weighted by molar-refractivity contribution is 6.08. The third-order valence-electron chi connectivity index (χ3n) is 4.01. The number of nitrogens with zero attached hydrogens (tertiary/aromatic N) is 2. The molecule has 0 unspecified atom stereocenters. The molecule has 2 N–H and O–H groups in total. The van der Waals surface area contributed by atoms with Crippen molar-refractivity contribution in [2.75, 3.05) is 32.1 Å². The van der Waals surface area contributed by atoms with Gasteiger partial charge in [0.2, 0.25) is 0 Å². The molecule has 9 heteroatoms. The Morgan fingerprint density at radius 3 is 2.84 bits per heavy atom. The fourth-order valence-corrected chi connectivity index (χ4v) is 2.70. The molecule has 1 aliphatic rings. The number of hydrogen-bond donors (Lipinski definition) is 2. The molecule has 0 aliphatic carbocycles. The van der Waals surface area contributed by atoms with Gasteiger partial charge in [-0.25, -0.2) is 9.59 Å². The van der Waals surface area contributed by atoms with Crippen molar-refractivity contribution in [1.29, 1.82) is 0 Å². The lowest BCUT2D eigenvalue weighted by molar-refractivity contribution is -0.136. The number of nitrogens with one attached hydrogen (secondary N) is 1. The van der Waals surface area contributed by atoms with Crippen molar-refractivity contribution in [3.8, 4) is 0 Å². The number of rotatable bonds is 5. The maximum Gasteiger partial charge on any atom is 0.419 e. The second-order valence-corrected chi connectivity index (χ2v) is 5.53. The minimum atomic E-state index is -0.618. The molecule has 2 heterocycles. The molecular formula is C16H17N3O6. The summed E-state index contributed by atoms with van der Waals surface area (Å²) >= 11 is 0. The first-order chi connectivity index (χ1) is 12.0. The van der Waals surface area contributed by atoms with Gasteiger partial charge in [-0.3, -0.25) is 9.36 Å². The standard InChI is InChI=1S/C16H17N3O6/c1-18-11-7-9(3-4-12(11)25-16(18)23)17-13-10(15(22)24-2)8-19(5-6-20)14(13)21/h3-4,7,17,20H,5-6,8H2,1-2H3. The van der Waals surface area contributed by atoms with Crippen LogP contribution in [0, 0.1) is 0 Å². The Morgan fingerprint density at radius 1 is 1.40 bits per heavy atom. The Labute approximate surface area is 142 Å². The average molecular weight is 347 g/mol. The first-order valence-electron chi connectivity index (χ1n) is 7.54. The van der Waals surface area contributed by atoms with Crippen LogP contribution in [0.5, 0.6) is 0 Å². The summed E-state index contributed by atoms with van der Waals surface area (Å²) in [6, 6.07) is 4.88. The number of aromatic nitrogens is 1. The third-order valence-corrected chi connectivity index (χ3v) is 4.01. The zero-order valence-corrected chi connectivity index (χ0v) is 13.7. The molecule has 1 aromatic carbocycles. The second kappa shape index (κ2) is 6.44. The van der Waals surface area contributed by atoms with E-state index in [9.17, 15) is 14.4 Å². The zero-order valence-electron chi connectivity index (χ0n) is 13.7. The van der Waals surface area contributed by atoms with Gasteiger partial charge in [0, 0.05) is 19.3 Å². The SMILES string of the molecule is COC(=O)C1=C(Nc2ccc3oc(=O)n(C)c3c2)C(=O)N(CCO)C1. The normalized spacial score (nSPS) is 14.5. The van der Waals surface area contributed by atoms with Gasteiger partial charge >= 0.3 is 11.7 Å². The number of fused-ring (bicyclic) bond motifs is 1. The van der Waals surface area contributed by atoms with Gasteiger partial charge < -0.3 is 24.5 Å². The minimum absolute atomic E-state index is 0.0564. The van der Waals surface area contributed by atoms with Gasteiger partial charge in [-0.1, -0.05) is 0 Å². The summed E-state index contributed by atoms with van der Waals surface area (Å²) in [6.45, 7) is -0.0445. The molecule has 9 nitrogen and oxygen atoms in total. The Morgan fingerprint density at radius 2 is 2.16 bits per heavy atom. The molecule has 0 spiro atoms. The van der Waals surface area contributed by atoms with E-state index in [1.807, 2.05) is 0 Å². The van der Waals surface area contributed by atoms with Crippen molar-refractivity contribution in [3.05, 3.63) is 40.0 Å². The van der Waals surface area contributed by atoms with Gasteiger partial charge in [0.15, 0.2) is 5.58 Å². The molecule has 0 atom stereocenters. The first kappa shape index (κ1) is 16.8. The number of oxazole rings is 1. The number of carbonyl (C=O) groups is 2. The average Bonchev–Trinajstić information content (AvgIpc) is 3.06. The molecule has 25 heavy (non-hydrogen) atoms. The monoisotopic (exact) mass is 347 g/mol. The van der Waals surface area contributed by atoms with E-state index >= 15 is 0 Å². The Hall–Kier alpha value is -3.07. The maximum atomic E-state index is 12.5. The largest absolute Gasteiger partial charge is 0.466 e. The fourth-order valence-electron chi connectivity index (χ4n) is 2.70. The highest BCUT2D eigenvalue weighted by Crippen LogP contribution is 2.24. The fraction of sp³-hybridized carbons (Fsp3) is 0.312. The molecule has 2 aromatic rings. The number of benzene rings is 1. The maximum absolute atomic E-state index is 12.5. The summed E-state index contributed by atoms with van der Waals surface area (Å²) in [4.78, 5) is 37.3. The summed E-state index contributed by atoms with van der Waals surface area (Å²) in [5.41, 5.74) is 1.75. The van der Waals surface area contributed by atoms with Crippen molar-refractivity contribution < 1.29 is 23.8 Å².